The maximum absolute atomic E-state index is 12.7. The first-order valence-corrected chi connectivity index (χ1v) is 10.5. The summed E-state index contributed by atoms with van der Waals surface area (Å²) in [5.41, 5.74) is 0.582. The summed E-state index contributed by atoms with van der Waals surface area (Å²) in [6, 6.07) is 12.1. The highest BCUT2D eigenvalue weighted by Crippen LogP contribution is 2.30. The molecule has 0 saturated carbocycles. The first-order valence-electron chi connectivity index (χ1n) is 9.00. The van der Waals surface area contributed by atoms with Gasteiger partial charge in [0.05, 0.1) is 27.4 Å². The van der Waals surface area contributed by atoms with Crippen molar-refractivity contribution in [2.24, 2.45) is 0 Å². The number of aromatic nitrogens is 1. The van der Waals surface area contributed by atoms with E-state index in [1.165, 1.54) is 0 Å². The number of fused-ring (bicyclic) bond motifs is 1. The van der Waals surface area contributed by atoms with Crippen molar-refractivity contribution in [1.82, 2.24) is 10.3 Å². The molecule has 9 heteroatoms. The van der Waals surface area contributed by atoms with Gasteiger partial charge in [0, 0.05) is 11.9 Å². The molecule has 2 N–H and O–H groups in total. The first kappa shape index (κ1) is 21.1. The van der Waals surface area contributed by atoms with Gasteiger partial charge in [0.25, 0.3) is 10.0 Å². The molecule has 3 aromatic rings. The number of pyridine rings is 1. The van der Waals surface area contributed by atoms with E-state index in [2.05, 4.69) is 21.9 Å². The fourth-order valence-electron chi connectivity index (χ4n) is 2.79. The van der Waals surface area contributed by atoms with Crippen LogP contribution < -0.4 is 10.0 Å². The van der Waals surface area contributed by atoms with E-state index in [1.807, 2.05) is 18.2 Å². The van der Waals surface area contributed by atoms with E-state index in [-0.39, 0.29) is 10.6 Å². The summed E-state index contributed by atoms with van der Waals surface area (Å²) in [7, 11) is -4.07. The Bertz CT molecular complexity index is 1100. The van der Waals surface area contributed by atoms with Gasteiger partial charge in [-0.3, -0.25) is 4.72 Å². The van der Waals surface area contributed by atoms with Crippen molar-refractivity contribution in [3.8, 4) is 0 Å². The number of rotatable bonds is 7. The van der Waals surface area contributed by atoms with E-state index in [0.717, 1.165) is 48.3 Å². The third-order valence-electron chi connectivity index (χ3n) is 4.25. The van der Waals surface area contributed by atoms with Gasteiger partial charge >= 0.3 is 6.18 Å². The highest BCUT2D eigenvalue weighted by atomic mass is 32.2. The number of para-hydroxylation sites is 1. The lowest BCUT2D eigenvalue weighted by Crippen LogP contribution is -2.16. The third-order valence-corrected chi connectivity index (χ3v) is 5.63. The normalized spacial score (nSPS) is 12.3. The molecule has 5 nitrogen and oxygen atoms in total. The second-order valence-corrected chi connectivity index (χ2v) is 8.17. The summed E-state index contributed by atoms with van der Waals surface area (Å²) in [5.74, 6) is 0. The molecule has 0 radical (unpaired) electrons. The van der Waals surface area contributed by atoms with Gasteiger partial charge in [0.1, 0.15) is 0 Å². The van der Waals surface area contributed by atoms with Gasteiger partial charge in [-0.1, -0.05) is 25.1 Å². The van der Waals surface area contributed by atoms with Gasteiger partial charge < -0.3 is 5.32 Å². The Morgan fingerprint density at radius 3 is 2.38 bits per heavy atom. The van der Waals surface area contributed by atoms with Crippen LogP contribution >= 0.6 is 0 Å². The van der Waals surface area contributed by atoms with Crippen LogP contribution in [0.3, 0.4) is 0 Å². The molecule has 154 valence electrons. The second kappa shape index (κ2) is 8.38. The molecule has 2 aromatic carbocycles. The van der Waals surface area contributed by atoms with Crippen LogP contribution in [-0.4, -0.2) is 19.9 Å². The van der Waals surface area contributed by atoms with Crippen molar-refractivity contribution in [2.45, 2.75) is 31.0 Å². The monoisotopic (exact) mass is 423 g/mol. The molecule has 0 bridgehead atoms. The number of alkyl halides is 3. The van der Waals surface area contributed by atoms with Crippen LogP contribution in [0.5, 0.6) is 0 Å². The lowest BCUT2D eigenvalue weighted by Gasteiger charge is -2.12. The zero-order valence-corrected chi connectivity index (χ0v) is 16.4. The molecule has 29 heavy (non-hydrogen) atoms. The molecule has 0 saturated heterocycles. The largest absolute Gasteiger partial charge is 0.416 e. The molecule has 1 heterocycles. The molecule has 0 amide bonds. The summed E-state index contributed by atoms with van der Waals surface area (Å²) >= 11 is 0. The molecule has 0 fully saturated rings. The molecule has 1 aromatic heterocycles. The van der Waals surface area contributed by atoms with Crippen LogP contribution in [0.4, 0.5) is 18.9 Å². The molecule has 0 spiro atoms. The summed E-state index contributed by atoms with van der Waals surface area (Å²) in [6.07, 6.45) is -3.55. The number of anilines is 1. The third kappa shape index (κ3) is 5.04. The Balaban J connectivity index is 1.90. The van der Waals surface area contributed by atoms with Gasteiger partial charge in [-0.25, -0.2) is 13.4 Å². The predicted octanol–water partition coefficient (Wildman–Crippen LogP) is 4.55. The van der Waals surface area contributed by atoms with Crippen LogP contribution in [-0.2, 0) is 22.7 Å². The van der Waals surface area contributed by atoms with E-state index in [9.17, 15) is 21.6 Å². The van der Waals surface area contributed by atoms with Gasteiger partial charge in [0.2, 0.25) is 0 Å². The number of nitrogens with one attached hydrogen (secondary N) is 2. The fourth-order valence-corrected chi connectivity index (χ4v) is 3.85. The minimum absolute atomic E-state index is 0.261. The van der Waals surface area contributed by atoms with Crippen molar-refractivity contribution in [3.05, 3.63) is 65.9 Å². The van der Waals surface area contributed by atoms with Crippen molar-refractivity contribution in [2.75, 3.05) is 11.3 Å². The predicted molar refractivity (Wildman–Crippen MR) is 106 cm³/mol. The van der Waals surface area contributed by atoms with Gasteiger partial charge in [-0.2, -0.15) is 13.2 Å². The molecule has 0 atom stereocenters. The fraction of sp³-hybridized carbons (Fsp3) is 0.250. The van der Waals surface area contributed by atoms with Crippen LogP contribution in [0.15, 0.2) is 59.5 Å². The van der Waals surface area contributed by atoms with Crippen LogP contribution in [0, 0.1) is 0 Å². The Kier molecular flexibility index (Phi) is 6.09. The van der Waals surface area contributed by atoms with E-state index in [4.69, 9.17) is 0 Å². The Morgan fingerprint density at radius 2 is 1.72 bits per heavy atom. The van der Waals surface area contributed by atoms with Crippen LogP contribution in [0.2, 0.25) is 0 Å². The minimum Gasteiger partial charge on any atom is -0.311 e. The zero-order valence-electron chi connectivity index (χ0n) is 15.6. The smallest absolute Gasteiger partial charge is 0.311 e. The van der Waals surface area contributed by atoms with Gasteiger partial charge in [-0.15, -0.1) is 0 Å². The Morgan fingerprint density at radius 1 is 1.00 bits per heavy atom. The van der Waals surface area contributed by atoms with Gasteiger partial charge in [0.15, 0.2) is 0 Å². The molecular weight excluding hydrogens is 403 g/mol. The summed E-state index contributed by atoms with van der Waals surface area (Å²) in [5, 5.41) is 3.98. The zero-order chi connectivity index (χ0) is 21.1. The number of hydrogen-bond donors (Lipinski definition) is 2. The number of halogens is 3. The number of benzene rings is 2. The highest BCUT2D eigenvalue weighted by Gasteiger charge is 2.30. The number of nitrogens with zero attached hydrogens (tertiary/aromatic N) is 1. The van der Waals surface area contributed by atoms with Crippen molar-refractivity contribution in [1.29, 1.82) is 0 Å². The molecular formula is C20H20F3N3O2S. The maximum Gasteiger partial charge on any atom is 0.416 e. The van der Waals surface area contributed by atoms with Crippen molar-refractivity contribution >= 4 is 26.6 Å². The molecule has 0 aliphatic rings. The van der Waals surface area contributed by atoms with Crippen molar-refractivity contribution in [3.63, 3.8) is 0 Å². The molecule has 0 aliphatic heterocycles. The summed E-state index contributed by atoms with van der Waals surface area (Å²) in [4.78, 5) is 4.27. The van der Waals surface area contributed by atoms with E-state index < -0.39 is 21.8 Å². The standard InChI is InChI=1S/C20H20F3N3O2S/c1-2-12-24-13-16-9-6-14-4-3-5-18(19(14)25-16)26-29(27,28)17-10-7-15(8-11-17)20(21,22)23/h3-11,24,26H,2,12-13H2,1H3. The molecule has 0 aliphatic carbocycles. The average Bonchev–Trinajstić information content (AvgIpc) is 2.68. The van der Waals surface area contributed by atoms with Crippen LogP contribution in [0.1, 0.15) is 24.6 Å². The minimum atomic E-state index is -4.53. The number of hydrogen-bond acceptors (Lipinski definition) is 4. The van der Waals surface area contributed by atoms with Crippen molar-refractivity contribution < 1.29 is 21.6 Å². The van der Waals surface area contributed by atoms with E-state index in [0.29, 0.717) is 12.1 Å². The Labute approximate surface area is 167 Å². The van der Waals surface area contributed by atoms with Crippen LogP contribution in [0.25, 0.3) is 10.9 Å². The van der Waals surface area contributed by atoms with E-state index in [1.54, 1.807) is 12.1 Å². The van der Waals surface area contributed by atoms with E-state index >= 15 is 0 Å². The molecule has 3 rings (SSSR count). The summed E-state index contributed by atoms with van der Waals surface area (Å²) in [6.45, 7) is 3.43. The number of sulfonamides is 1. The Hall–Kier alpha value is -2.65. The lowest BCUT2D eigenvalue weighted by molar-refractivity contribution is -0.137. The summed E-state index contributed by atoms with van der Waals surface area (Å²) < 4.78 is 65.9. The SMILES string of the molecule is CCCNCc1ccc2cccc(NS(=O)(=O)c3ccc(C(F)(F)F)cc3)c2n1. The average molecular weight is 423 g/mol. The quantitative estimate of drug-likeness (QED) is 0.547. The van der Waals surface area contributed by atoms with Gasteiger partial charge in [-0.05, 0) is 49.4 Å². The topological polar surface area (TPSA) is 71.1 Å². The lowest BCUT2D eigenvalue weighted by atomic mass is 10.2. The highest BCUT2D eigenvalue weighted by molar-refractivity contribution is 7.92. The molecule has 0 unspecified atom stereocenters. The second-order valence-electron chi connectivity index (χ2n) is 6.48. The maximum atomic E-state index is 12.7. The first-order chi connectivity index (χ1) is 13.7.